The number of aliphatic hydroxyl groups excluding tert-OH is 1. The van der Waals surface area contributed by atoms with Crippen molar-refractivity contribution in [2.75, 3.05) is 6.61 Å². The number of ether oxygens (including phenoxy) is 1. The predicted octanol–water partition coefficient (Wildman–Crippen LogP) is 4.12. The first-order valence-electron chi connectivity index (χ1n) is 9.53. The monoisotopic (exact) mass is 425 g/mol. The molecule has 2 aromatic rings. The number of allylic oxidation sites excluding steroid dienone is 2. The van der Waals surface area contributed by atoms with Gasteiger partial charge in [0, 0.05) is 12.0 Å². The van der Waals surface area contributed by atoms with Gasteiger partial charge in [-0.05, 0) is 48.4 Å². The van der Waals surface area contributed by atoms with Gasteiger partial charge in [-0.2, -0.15) is 5.26 Å². The fourth-order valence-electron chi connectivity index (χ4n) is 2.84. The van der Waals surface area contributed by atoms with Crippen molar-refractivity contribution < 1.29 is 28.2 Å². The van der Waals surface area contributed by atoms with Crippen molar-refractivity contribution in [3.63, 3.8) is 0 Å². The summed E-state index contributed by atoms with van der Waals surface area (Å²) < 4.78 is 31.4. The lowest BCUT2D eigenvalue weighted by Gasteiger charge is -2.11. The zero-order valence-corrected chi connectivity index (χ0v) is 16.8. The number of hydrogen-bond donors (Lipinski definition) is 1. The van der Waals surface area contributed by atoms with Crippen LogP contribution >= 0.6 is 0 Å². The number of ketones is 1. The van der Waals surface area contributed by atoms with Crippen LogP contribution in [0.5, 0.6) is 0 Å². The molecule has 7 heteroatoms. The van der Waals surface area contributed by atoms with E-state index in [4.69, 9.17) is 4.74 Å². The van der Waals surface area contributed by atoms with Crippen LogP contribution in [0.2, 0.25) is 0 Å². The van der Waals surface area contributed by atoms with E-state index in [1.54, 1.807) is 6.92 Å². The molecule has 31 heavy (non-hydrogen) atoms. The molecule has 0 fully saturated rings. The maximum absolute atomic E-state index is 13.4. The highest BCUT2D eigenvalue weighted by Crippen LogP contribution is 2.28. The average molecular weight is 425 g/mol. The molecule has 2 rings (SSSR count). The van der Waals surface area contributed by atoms with Crippen LogP contribution in [-0.4, -0.2) is 29.6 Å². The number of halogens is 2. The van der Waals surface area contributed by atoms with Gasteiger partial charge in [-0.15, -0.1) is 0 Å². The van der Waals surface area contributed by atoms with Crippen molar-refractivity contribution in [3.05, 3.63) is 89.0 Å². The number of carbonyl (C=O) groups excluding carboxylic acids is 2. The van der Waals surface area contributed by atoms with Crippen molar-refractivity contribution in [1.29, 1.82) is 5.26 Å². The standard InChI is InChI=1S/C24H21F2NO4/c1-2-31-23(30)14-22(29)13-21(28)12-7-18(15-27)24(16-3-8-19(25)9-4-16)17-5-10-20(26)11-6-17/h3-12,21,28H,2,13-14H2,1H3/b12-7+. The summed E-state index contributed by atoms with van der Waals surface area (Å²) in [4.78, 5) is 23.2. The SMILES string of the molecule is CCOC(=O)CC(=O)CC(O)/C=C/C(C#N)=C(c1ccc(F)cc1)c1ccc(F)cc1. The Morgan fingerprint density at radius 3 is 2.03 bits per heavy atom. The van der Waals surface area contributed by atoms with Gasteiger partial charge < -0.3 is 9.84 Å². The first kappa shape index (κ1) is 23.6. The molecular weight excluding hydrogens is 404 g/mol. The lowest BCUT2D eigenvalue weighted by atomic mass is 9.93. The third kappa shape index (κ3) is 7.28. The average Bonchev–Trinajstić information content (AvgIpc) is 2.73. The topological polar surface area (TPSA) is 87.4 Å². The Morgan fingerprint density at radius 2 is 1.58 bits per heavy atom. The first-order valence-corrected chi connectivity index (χ1v) is 9.53. The first-order chi connectivity index (χ1) is 14.8. The van der Waals surface area contributed by atoms with Gasteiger partial charge in [0.25, 0.3) is 0 Å². The highest BCUT2D eigenvalue weighted by atomic mass is 19.1. The van der Waals surface area contributed by atoms with E-state index >= 15 is 0 Å². The van der Waals surface area contributed by atoms with Crippen LogP contribution in [0.25, 0.3) is 5.57 Å². The van der Waals surface area contributed by atoms with Crippen LogP contribution in [0.15, 0.2) is 66.3 Å². The summed E-state index contributed by atoms with van der Waals surface area (Å²) in [6, 6.07) is 12.9. The smallest absolute Gasteiger partial charge is 0.313 e. The molecule has 0 saturated carbocycles. The van der Waals surface area contributed by atoms with E-state index in [-0.39, 0.29) is 18.6 Å². The molecule has 0 spiro atoms. The quantitative estimate of drug-likeness (QED) is 0.283. The number of hydrogen-bond acceptors (Lipinski definition) is 5. The summed E-state index contributed by atoms with van der Waals surface area (Å²) in [7, 11) is 0. The third-order valence-corrected chi connectivity index (χ3v) is 4.22. The van der Waals surface area contributed by atoms with Gasteiger partial charge in [0.1, 0.15) is 23.8 Å². The Morgan fingerprint density at radius 1 is 1.06 bits per heavy atom. The summed E-state index contributed by atoms with van der Waals surface area (Å²) in [5.41, 5.74) is 1.56. The third-order valence-electron chi connectivity index (χ3n) is 4.22. The molecule has 0 heterocycles. The second-order valence-corrected chi connectivity index (χ2v) is 6.57. The van der Waals surface area contributed by atoms with Gasteiger partial charge in [-0.3, -0.25) is 9.59 Å². The molecule has 5 nitrogen and oxygen atoms in total. The summed E-state index contributed by atoms with van der Waals surface area (Å²) in [6.45, 7) is 1.77. The minimum Gasteiger partial charge on any atom is -0.466 e. The zero-order valence-electron chi connectivity index (χ0n) is 16.8. The second-order valence-electron chi connectivity index (χ2n) is 6.57. The molecule has 1 atom stereocenters. The molecule has 2 aromatic carbocycles. The number of rotatable bonds is 9. The number of benzene rings is 2. The molecule has 0 saturated heterocycles. The van der Waals surface area contributed by atoms with E-state index in [0.717, 1.165) is 0 Å². The number of esters is 1. The van der Waals surface area contributed by atoms with Gasteiger partial charge in [0.2, 0.25) is 0 Å². The van der Waals surface area contributed by atoms with Gasteiger partial charge in [0.15, 0.2) is 0 Å². The van der Waals surface area contributed by atoms with Crippen LogP contribution in [0.1, 0.15) is 30.9 Å². The Balaban J connectivity index is 2.32. The van der Waals surface area contributed by atoms with Crippen molar-refractivity contribution in [1.82, 2.24) is 0 Å². The van der Waals surface area contributed by atoms with Crippen LogP contribution in [0.4, 0.5) is 8.78 Å². The normalized spacial score (nSPS) is 11.6. The Hall–Kier alpha value is -3.63. The lowest BCUT2D eigenvalue weighted by Crippen LogP contribution is -2.16. The highest BCUT2D eigenvalue weighted by Gasteiger charge is 2.15. The summed E-state index contributed by atoms with van der Waals surface area (Å²) in [5, 5.41) is 19.8. The summed E-state index contributed by atoms with van der Waals surface area (Å²) in [5.74, 6) is -2.08. The molecule has 0 aromatic heterocycles. The van der Waals surface area contributed by atoms with Gasteiger partial charge >= 0.3 is 5.97 Å². The van der Waals surface area contributed by atoms with Gasteiger partial charge in [0.05, 0.1) is 24.4 Å². The van der Waals surface area contributed by atoms with Crippen LogP contribution in [0.3, 0.4) is 0 Å². The minimum absolute atomic E-state index is 0.120. The Bertz CT molecular complexity index is 972. The van der Waals surface area contributed by atoms with Gasteiger partial charge in [-0.25, -0.2) is 8.78 Å². The predicted molar refractivity (Wildman–Crippen MR) is 110 cm³/mol. The summed E-state index contributed by atoms with van der Waals surface area (Å²) >= 11 is 0. The highest BCUT2D eigenvalue weighted by molar-refractivity contribution is 5.95. The fourth-order valence-corrected chi connectivity index (χ4v) is 2.84. The van der Waals surface area contributed by atoms with Crippen LogP contribution < -0.4 is 0 Å². The van der Waals surface area contributed by atoms with E-state index in [0.29, 0.717) is 16.7 Å². The van der Waals surface area contributed by atoms with E-state index in [2.05, 4.69) is 0 Å². The van der Waals surface area contributed by atoms with E-state index < -0.39 is 35.9 Å². The second kappa shape index (κ2) is 11.5. The molecule has 0 radical (unpaired) electrons. The molecule has 0 aliphatic carbocycles. The van der Waals surface area contributed by atoms with Crippen molar-refractivity contribution in [3.8, 4) is 6.07 Å². The number of aliphatic hydroxyl groups is 1. The Labute approximate surface area is 178 Å². The van der Waals surface area contributed by atoms with Crippen molar-refractivity contribution in [2.45, 2.75) is 25.9 Å². The molecule has 160 valence electrons. The number of carbonyl (C=O) groups is 2. The molecule has 0 aliphatic heterocycles. The Kier molecular flexibility index (Phi) is 8.79. The molecule has 0 amide bonds. The summed E-state index contributed by atoms with van der Waals surface area (Å²) in [6.07, 6.45) is 0.596. The van der Waals surface area contributed by atoms with E-state index in [1.807, 2.05) is 6.07 Å². The number of nitrogens with zero attached hydrogens (tertiary/aromatic N) is 1. The molecular formula is C24H21F2NO4. The molecule has 0 aliphatic rings. The number of Topliss-reactive ketones (excluding diaryl/α,β-unsaturated/α-hetero) is 1. The molecule has 1 N–H and O–H groups in total. The molecule has 1 unspecified atom stereocenters. The van der Waals surface area contributed by atoms with Crippen molar-refractivity contribution in [2.24, 2.45) is 0 Å². The maximum atomic E-state index is 13.4. The van der Waals surface area contributed by atoms with Crippen molar-refractivity contribution >= 4 is 17.3 Å². The van der Waals surface area contributed by atoms with Crippen LogP contribution in [-0.2, 0) is 14.3 Å². The van der Waals surface area contributed by atoms with Crippen LogP contribution in [0, 0.1) is 23.0 Å². The maximum Gasteiger partial charge on any atom is 0.313 e. The largest absolute Gasteiger partial charge is 0.466 e. The fraction of sp³-hybridized carbons (Fsp3) is 0.208. The molecule has 0 bridgehead atoms. The van der Waals surface area contributed by atoms with E-state index in [1.165, 1.54) is 60.7 Å². The lowest BCUT2D eigenvalue weighted by molar-refractivity contribution is -0.145. The van der Waals surface area contributed by atoms with Gasteiger partial charge in [-0.1, -0.05) is 30.3 Å². The van der Waals surface area contributed by atoms with E-state index in [9.17, 15) is 28.7 Å². The zero-order chi connectivity index (χ0) is 22.8. The minimum atomic E-state index is -1.23. The number of nitriles is 1.